The summed E-state index contributed by atoms with van der Waals surface area (Å²) in [6, 6.07) is 0. The van der Waals surface area contributed by atoms with Gasteiger partial charge in [-0.2, -0.15) is 0 Å². The molecular formula is C29H46O3. The average Bonchev–Trinajstić information content (AvgIpc) is 3.12. The van der Waals surface area contributed by atoms with Crippen LogP contribution in [0.4, 0.5) is 0 Å². The SMILES string of the molecule is C=CC1CCC2(C(=O)O)CCC3(C)C(CCC4C5(C)CCC(O)C(C)(C)C5CCC43C)C12. The zero-order valence-corrected chi connectivity index (χ0v) is 21.1. The molecule has 0 heterocycles. The smallest absolute Gasteiger partial charge is 0.309 e. The van der Waals surface area contributed by atoms with Crippen molar-refractivity contribution in [3.05, 3.63) is 12.7 Å². The van der Waals surface area contributed by atoms with Gasteiger partial charge in [0.2, 0.25) is 0 Å². The summed E-state index contributed by atoms with van der Waals surface area (Å²) < 4.78 is 0. The first-order chi connectivity index (χ1) is 14.9. The Morgan fingerprint density at radius 2 is 1.56 bits per heavy atom. The standard InChI is InChI=1S/C29H46O3/c1-7-18-10-15-29(24(31)32)17-16-27(5)19(23(18)29)8-9-21-26(4)13-12-22(30)25(2,3)20(26)11-14-28(21,27)6/h7,18-23,30H,1,8-17H2,2-6H3,(H,31,32). The lowest BCUT2D eigenvalue weighted by atomic mass is 9.32. The number of aliphatic hydroxyl groups excluding tert-OH is 1. The molecule has 0 spiro atoms. The van der Waals surface area contributed by atoms with Crippen LogP contribution in [0.5, 0.6) is 0 Å². The number of fused-ring (bicyclic) bond motifs is 7. The molecule has 0 aromatic carbocycles. The fourth-order valence-corrected chi connectivity index (χ4v) is 11.3. The Morgan fingerprint density at radius 1 is 0.844 bits per heavy atom. The molecule has 32 heavy (non-hydrogen) atoms. The Kier molecular flexibility index (Phi) is 4.92. The van der Waals surface area contributed by atoms with Crippen molar-refractivity contribution < 1.29 is 15.0 Å². The predicted octanol–water partition coefficient (Wildman–Crippen LogP) is 6.70. The number of carbonyl (C=O) groups is 1. The lowest BCUT2D eigenvalue weighted by molar-refractivity contribution is -0.247. The number of hydrogen-bond acceptors (Lipinski definition) is 2. The van der Waals surface area contributed by atoms with Crippen LogP contribution in [-0.4, -0.2) is 22.3 Å². The number of aliphatic carboxylic acids is 1. The fraction of sp³-hybridized carbons (Fsp3) is 0.897. The third kappa shape index (κ3) is 2.50. The molecule has 5 fully saturated rings. The van der Waals surface area contributed by atoms with Gasteiger partial charge in [-0.15, -0.1) is 6.58 Å². The highest BCUT2D eigenvalue weighted by Crippen LogP contribution is 2.77. The molecule has 0 bridgehead atoms. The first-order valence-corrected chi connectivity index (χ1v) is 13.4. The molecule has 5 aliphatic carbocycles. The number of aliphatic hydroxyl groups is 1. The van der Waals surface area contributed by atoms with Gasteiger partial charge in [-0.05, 0) is 115 Å². The monoisotopic (exact) mass is 442 g/mol. The lowest BCUT2D eigenvalue weighted by Gasteiger charge is -2.72. The quantitative estimate of drug-likeness (QED) is 0.468. The van der Waals surface area contributed by atoms with E-state index in [4.69, 9.17) is 0 Å². The van der Waals surface area contributed by atoms with Crippen LogP contribution >= 0.6 is 0 Å². The van der Waals surface area contributed by atoms with Gasteiger partial charge < -0.3 is 10.2 Å². The zero-order chi connectivity index (χ0) is 23.3. The lowest BCUT2D eigenvalue weighted by Crippen LogP contribution is -2.67. The van der Waals surface area contributed by atoms with E-state index in [0.717, 1.165) is 38.5 Å². The second-order valence-electron chi connectivity index (χ2n) is 14.0. The van der Waals surface area contributed by atoms with Gasteiger partial charge in [-0.25, -0.2) is 0 Å². The molecule has 180 valence electrons. The summed E-state index contributed by atoms with van der Waals surface area (Å²) in [7, 11) is 0. The van der Waals surface area contributed by atoms with Gasteiger partial charge in [-0.1, -0.05) is 40.7 Å². The Hall–Kier alpha value is -0.830. The first kappa shape index (κ1) is 22.9. The second kappa shape index (κ2) is 6.86. The van der Waals surface area contributed by atoms with Crippen molar-refractivity contribution in [2.24, 2.45) is 56.7 Å². The number of rotatable bonds is 2. The van der Waals surface area contributed by atoms with E-state index in [-0.39, 0.29) is 33.7 Å². The van der Waals surface area contributed by atoms with E-state index in [1.54, 1.807) is 0 Å². The van der Waals surface area contributed by atoms with Gasteiger partial charge in [0.25, 0.3) is 0 Å². The van der Waals surface area contributed by atoms with Gasteiger partial charge in [0.15, 0.2) is 0 Å². The van der Waals surface area contributed by atoms with E-state index < -0.39 is 11.4 Å². The highest BCUT2D eigenvalue weighted by molar-refractivity contribution is 5.76. The number of allylic oxidation sites excluding steroid dienone is 1. The highest BCUT2D eigenvalue weighted by atomic mass is 16.4. The third-order valence-corrected chi connectivity index (χ3v) is 13.2. The maximum absolute atomic E-state index is 12.6. The normalized spacial score (nSPS) is 56.3. The summed E-state index contributed by atoms with van der Waals surface area (Å²) in [6.45, 7) is 16.5. The summed E-state index contributed by atoms with van der Waals surface area (Å²) >= 11 is 0. The summed E-state index contributed by atoms with van der Waals surface area (Å²) in [5.41, 5.74) is 0.178. The highest BCUT2D eigenvalue weighted by Gasteiger charge is 2.71. The molecule has 3 heteroatoms. The van der Waals surface area contributed by atoms with Gasteiger partial charge in [-0.3, -0.25) is 4.79 Å². The minimum atomic E-state index is -0.542. The summed E-state index contributed by atoms with van der Waals surface area (Å²) in [5.74, 6) is 1.80. The molecule has 0 radical (unpaired) electrons. The topological polar surface area (TPSA) is 57.5 Å². The van der Waals surface area contributed by atoms with Crippen LogP contribution < -0.4 is 0 Å². The summed E-state index contributed by atoms with van der Waals surface area (Å²) in [4.78, 5) is 12.6. The largest absolute Gasteiger partial charge is 0.481 e. The Morgan fingerprint density at radius 3 is 2.22 bits per heavy atom. The van der Waals surface area contributed by atoms with Crippen molar-refractivity contribution in [2.45, 2.75) is 105 Å². The van der Waals surface area contributed by atoms with Gasteiger partial charge >= 0.3 is 5.97 Å². The van der Waals surface area contributed by atoms with E-state index in [1.807, 2.05) is 0 Å². The zero-order valence-electron chi connectivity index (χ0n) is 21.1. The molecule has 0 aromatic rings. The predicted molar refractivity (Wildman–Crippen MR) is 128 cm³/mol. The number of hydrogen-bond donors (Lipinski definition) is 2. The molecule has 3 nitrogen and oxygen atoms in total. The number of carboxylic acids is 1. The molecule has 5 saturated carbocycles. The van der Waals surface area contributed by atoms with Crippen molar-refractivity contribution in [2.75, 3.05) is 0 Å². The molecule has 0 amide bonds. The molecule has 5 rings (SSSR count). The van der Waals surface area contributed by atoms with E-state index in [1.165, 1.54) is 25.7 Å². The minimum Gasteiger partial charge on any atom is -0.481 e. The molecule has 5 aliphatic rings. The fourth-order valence-electron chi connectivity index (χ4n) is 11.3. The van der Waals surface area contributed by atoms with Crippen LogP contribution in [0.3, 0.4) is 0 Å². The molecule has 0 saturated heterocycles. The molecule has 2 N–H and O–H groups in total. The van der Waals surface area contributed by atoms with Gasteiger partial charge in [0.1, 0.15) is 0 Å². The van der Waals surface area contributed by atoms with Crippen LogP contribution in [0.2, 0.25) is 0 Å². The van der Waals surface area contributed by atoms with Crippen molar-refractivity contribution >= 4 is 5.97 Å². The molecule has 10 unspecified atom stereocenters. The minimum absolute atomic E-state index is 0.0174. The summed E-state index contributed by atoms with van der Waals surface area (Å²) in [5, 5.41) is 21.3. The Balaban J connectivity index is 1.56. The van der Waals surface area contributed by atoms with Gasteiger partial charge in [0, 0.05) is 0 Å². The van der Waals surface area contributed by atoms with Crippen molar-refractivity contribution in [1.29, 1.82) is 0 Å². The molecule has 0 aromatic heterocycles. The first-order valence-electron chi connectivity index (χ1n) is 13.4. The van der Waals surface area contributed by atoms with E-state index in [9.17, 15) is 15.0 Å². The Bertz CT molecular complexity index is 817. The van der Waals surface area contributed by atoms with E-state index in [2.05, 4.69) is 47.3 Å². The maximum atomic E-state index is 12.6. The van der Waals surface area contributed by atoms with E-state index in [0.29, 0.717) is 23.7 Å². The maximum Gasteiger partial charge on any atom is 0.309 e. The van der Waals surface area contributed by atoms with Crippen LogP contribution in [0.25, 0.3) is 0 Å². The van der Waals surface area contributed by atoms with E-state index >= 15 is 0 Å². The van der Waals surface area contributed by atoms with Crippen LogP contribution in [0.1, 0.15) is 98.8 Å². The van der Waals surface area contributed by atoms with Crippen molar-refractivity contribution in [1.82, 2.24) is 0 Å². The second-order valence-corrected chi connectivity index (χ2v) is 14.0. The average molecular weight is 443 g/mol. The molecular weight excluding hydrogens is 396 g/mol. The van der Waals surface area contributed by atoms with Crippen LogP contribution in [0, 0.1) is 56.7 Å². The van der Waals surface area contributed by atoms with Crippen molar-refractivity contribution in [3.63, 3.8) is 0 Å². The summed E-state index contributed by atoms with van der Waals surface area (Å²) in [6.07, 6.45) is 12.5. The third-order valence-electron chi connectivity index (χ3n) is 13.2. The van der Waals surface area contributed by atoms with Crippen LogP contribution in [0.15, 0.2) is 12.7 Å². The number of carboxylic acid groups (broad SMARTS) is 1. The molecule has 10 atom stereocenters. The van der Waals surface area contributed by atoms with Crippen LogP contribution in [-0.2, 0) is 4.79 Å². The Labute approximate surface area is 195 Å². The molecule has 0 aliphatic heterocycles. The van der Waals surface area contributed by atoms with Gasteiger partial charge in [0.05, 0.1) is 11.5 Å². The van der Waals surface area contributed by atoms with Crippen molar-refractivity contribution in [3.8, 4) is 0 Å².